The van der Waals surface area contributed by atoms with Crippen molar-refractivity contribution in [2.75, 3.05) is 26.4 Å². The van der Waals surface area contributed by atoms with Crippen LogP contribution in [0.25, 0.3) is 22.3 Å². The zero-order chi connectivity index (χ0) is 16.4. The van der Waals surface area contributed by atoms with Crippen LogP contribution in [0.15, 0.2) is 30.5 Å². The van der Waals surface area contributed by atoms with Gasteiger partial charge in [0, 0.05) is 11.6 Å². The molecule has 0 saturated heterocycles. The van der Waals surface area contributed by atoms with Crippen LogP contribution >= 0.6 is 0 Å². The lowest BCUT2D eigenvalue weighted by atomic mass is 10.1. The first kappa shape index (κ1) is 15.2. The smallest absolute Gasteiger partial charge is 0.120 e. The molecule has 4 bridgehead atoms. The molecule has 4 rings (SSSR count). The van der Waals surface area contributed by atoms with E-state index >= 15 is 0 Å². The number of ether oxygens (including phenoxy) is 3. The predicted molar refractivity (Wildman–Crippen MR) is 89.0 cm³/mol. The normalized spacial score (nSPS) is 19.5. The fourth-order valence-corrected chi connectivity index (χ4v) is 2.77. The molecule has 0 saturated carbocycles. The number of H-pyrrole nitrogens is 1. The monoisotopic (exact) mass is 328 g/mol. The highest BCUT2D eigenvalue weighted by Crippen LogP contribution is 2.28. The Balaban J connectivity index is 1.71. The molecule has 0 amide bonds. The first-order valence-electron chi connectivity index (χ1n) is 8.14. The summed E-state index contributed by atoms with van der Waals surface area (Å²) < 4.78 is 19.0. The third-order valence-corrected chi connectivity index (χ3v) is 3.94. The van der Waals surface area contributed by atoms with Crippen molar-refractivity contribution in [1.29, 1.82) is 0 Å². The van der Waals surface area contributed by atoms with E-state index in [0.29, 0.717) is 33.0 Å². The van der Waals surface area contributed by atoms with Gasteiger partial charge in [-0.05, 0) is 31.2 Å². The Kier molecular flexibility index (Phi) is 4.18. The summed E-state index contributed by atoms with van der Waals surface area (Å²) in [5.41, 5.74) is 2.62. The number of aromatic nitrogens is 4. The Hall–Kier alpha value is -2.38. The van der Waals surface area contributed by atoms with E-state index in [1.165, 1.54) is 0 Å². The number of nitrogens with zero attached hydrogens (tertiary/aromatic N) is 3. The maximum Gasteiger partial charge on any atom is 0.120 e. The molecule has 7 heteroatoms. The SMILES string of the molecule is C[C@H]1COCCOCCn2ccc(n2)-c2n[nH]c3ccc(cc23)O1. The molecule has 1 aliphatic heterocycles. The average Bonchev–Trinajstić information content (AvgIpc) is 3.19. The minimum absolute atomic E-state index is 0.0371. The second-order valence-corrected chi connectivity index (χ2v) is 5.86. The molecule has 2 aromatic heterocycles. The first-order chi connectivity index (χ1) is 11.8. The topological polar surface area (TPSA) is 74.2 Å². The number of fused-ring (bicyclic) bond motifs is 4. The van der Waals surface area contributed by atoms with Gasteiger partial charge in [0.15, 0.2) is 0 Å². The van der Waals surface area contributed by atoms with E-state index in [4.69, 9.17) is 14.2 Å². The van der Waals surface area contributed by atoms with Crippen LogP contribution in [0.5, 0.6) is 5.75 Å². The predicted octanol–water partition coefficient (Wildman–Crippen LogP) is 2.24. The fraction of sp³-hybridized carbons (Fsp3) is 0.412. The highest BCUT2D eigenvalue weighted by Gasteiger charge is 2.13. The molecule has 0 radical (unpaired) electrons. The lowest BCUT2D eigenvalue weighted by Crippen LogP contribution is -2.21. The number of benzene rings is 1. The van der Waals surface area contributed by atoms with Crippen molar-refractivity contribution in [3.05, 3.63) is 30.5 Å². The molecule has 1 N–H and O–H groups in total. The maximum absolute atomic E-state index is 5.95. The Morgan fingerprint density at radius 2 is 2.08 bits per heavy atom. The molecule has 0 aliphatic carbocycles. The molecule has 7 nitrogen and oxygen atoms in total. The molecular weight excluding hydrogens is 308 g/mol. The van der Waals surface area contributed by atoms with Crippen LogP contribution in [0.3, 0.4) is 0 Å². The van der Waals surface area contributed by atoms with Gasteiger partial charge in [0.1, 0.15) is 23.2 Å². The largest absolute Gasteiger partial charge is 0.488 e. The van der Waals surface area contributed by atoms with Crippen LogP contribution in [0.4, 0.5) is 0 Å². The van der Waals surface area contributed by atoms with Crippen molar-refractivity contribution in [3.8, 4) is 17.1 Å². The molecule has 3 heterocycles. The van der Waals surface area contributed by atoms with Gasteiger partial charge in [-0.2, -0.15) is 10.2 Å². The summed E-state index contributed by atoms with van der Waals surface area (Å²) >= 11 is 0. The van der Waals surface area contributed by atoms with Gasteiger partial charge in [0.05, 0.1) is 38.5 Å². The van der Waals surface area contributed by atoms with Crippen molar-refractivity contribution < 1.29 is 14.2 Å². The number of hydrogen-bond donors (Lipinski definition) is 1. The summed E-state index contributed by atoms with van der Waals surface area (Å²) in [7, 11) is 0. The van der Waals surface area contributed by atoms with Gasteiger partial charge in [0.25, 0.3) is 0 Å². The van der Waals surface area contributed by atoms with Gasteiger partial charge in [-0.25, -0.2) is 0 Å². The van der Waals surface area contributed by atoms with Crippen molar-refractivity contribution in [2.24, 2.45) is 0 Å². The second-order valence-electron chi connectivity index (χ2n) is 5.86. The zero-order valence-corrected chi connectivity index (χ0v) is 13.6. The van der Waals surface area contributed by atoms with E-state index in [-0.39, 0.29) is 6.10 Å². The lowest BCUT2D eigenvalue weighted by Gasteiger charge is -2.15. The van der Waals surface area contributed by atoms with Gasteiger partial charge < -0.3 is 14.2 Å². The Morgan fingerprint density at radius 3 is 3.04 bits per heavy atom. The fourth-order valence-electron chi connectivity index (χ4n) is 2.77. The molecule has 1 atom stereocenters. The van der Waals surface area contributed by atoms with E-state index in [1.54, 1.807) is 0 Å². The minimum Gasteiger partial charge on any atom is -0.488 e. The third kappa shape index (κ3) is 3.13. The Bertz CT molecular complexity index is 826. The van der Waals surface area contributed by atoms with E-state index < -0.39 is 0 Å². The van der Waals surface area contributed by atoms with Gasteiger partial charge >= 0.3 is 0 Å². The van der Waals surface area contributed by atoms with Crippen LogP contribution in [0.1, 0.15) is 6.92 Å². The quantitative estimate of drug-likeness (QED) is 0.685. The Labute approximate surface area is 139 Å². The van der Waals surface area contributed by atoms with E-state index in [9.17, 15) is 0 Å². The summed E-state index contributed by atoms with van der Waals surface area (Å²) in [4.78, 5) is 0. The summed E-state index contributed by atoms with van der Waals surface area (Å²) in [5, 5.41) is 13.0. The van der Waals surface area contributed by atoms with Crippen LogP contribution < -0.4 is 4.74 Å². The molecule has 0 fully saturated rings. The van der Waals surface area contributed by atoms with E-state index in [2.05, 4.69) is 15.3 Å². The average molecular weight is 328 g/mol. The summed E-state index contributed by atoms with van der Waals surface area (Å²) in [6.07, 6.45) is 1.90. The van der Waals surface area contributed by atoms with Crippen LogP contribution in [0, 0.1) is 0 Å². The Morgan fingerprint density at radius 1 is 1.17 bits per heavy atom. The number of hydrogen-bond acceptors (Lipinski definition) is 5. The molecule has 3 aromatic rings. The lowest BCUT2D eigenvalue weighted by molar-refractivity contribution is 0.0144. The molecule has 0 unspecified atom stereocenters. The summed E-state index contributed by atoms with van der Waals surface area (Å²) in [6.45, 7) is 4.95. The minimum atomic E-state index is -0.0371. The second kappa shape index (κ2) is 6.62. The number of aromatic amines is 1. The zero-order valence-electron chi connectivity index (χ0n) is 13.6. The molecule has 0 spiro atoms. The van der Waals surface area contributed by atoms with Gasteiger partial charge in [-0.1, -0.05) is 0 Å². The number of rotatable bonds is 0. The molecule has 1 aliphatic rings. The first-order valence-corrected chi connectivity index (χ1v) is 8.14. The number of nitrogens with one attached hydrogen (secondary N) is 1. The van der Waals surface area contributed by atoms with Gasteiger partial charge in [0.2, 0.25) is 0 Å². The van der Waals surface area contributed by atoms with Crippen molar-refractivity contribution >= 4 is 10.9 Å². The third-order valence-electron chi connectivity index (χ3n) is 3.94. The van der Waals surface area contributed by atoms with Crippen LogP contribution in [-0.4, -0.2) is 52.5 Å². The van der Waals surface area contributed by atoms with Gasteiger partial charge in [-0.3, -0.25) is 9.78 Å². The van der Waals surface area contributed by atoms with Crippen molar-refractivity contribution in [2.45, 2.75) is 19.6 Å². The van der Waals surface area contributed by atoms with Crippen molar-refractivity contribution in [3.63, 3.8) is 0 Å². The van der Waals surface area contributed by atoms with Crippen LogP contribution in [-0.2, 0) is 16.0 Å². The maximum atomic E-state index is 5.95. The van der Waals surface area contributed by atoms with Crippen LogP contribution in [0.2, 0.25) is 0 Å². The molecular formula is C17H20N4O3. The highest BCUT2D eigenvalue weighted by atomic mass is 16.5. The van der Waals surface area contributed by atoms with E-state index in [0.717, 1.165) is 28.0 Å². The summed E-state index contributed by atoms with van der Waals surface area (Å²) in [5.74, 6) is 0.795. The summed E-state index contributed by atoms with van der Waals surface area (Å²) in [6, 6.07) is 7.87. The standard InChI is InChI=1S/C17H20N4O3/c1-12-11-23-9-8-22-7-6-21-5-4-16(20-21)17-14-10-13(24-12)2-3-15(14)18-19-17/h2-5,10,12H,6-9,11H2,1H3,(H,18,19)/t12-/m0/s1. The van der Waals surface area contributed by atoms with E-state index in [1.807, 2.05) is 42.1 Å². The van der Waals surface area contributed by atoms with Crippen molar-refractivity contribution in [1.82, 2.24) is 20.0 Å². The molecule has 126 valence electrons. The molecule has 1 aromatic carbocycles. The highest BCUT2D eigenvalue weighted by molar-refractivity contribution is 5.92. The van der Waals surface area contributed by atoms with Gasteiger partial charge in [-0.15, -0.1) is 0 Å². The molecule has 24 heavy (non-hydrogen) atoms.